The molecule has 0 radical (unpaired) electrons. The molecular formula is C92H76N4Pt. The molecule has 0 saturated heterocycles. The van der Waals surface area contributed by atoms with Gasteiger partial charge < -0.3 is 9.97 Å². The van der Waals surface area contributed by atoms with E-state index >= 15 is 0 Å². The fourth-order valence-corrected chi connectivity index (χ4v) is 15.4. The molecule has 2 aliphatic heterocycles. The number of benzene rings is 12. The molecule has 0 spiro atoms. The molecular weight excluding hydrogens is 1360 g/mol. The molecule has 1 aliphatic carbocycles. The Bertz CT molecular complexity index is 5110. The van der Waals surface area contributed by atoms with E-state index in [1.165, 1.54) is 22.3 Å². The van der Waals surface area contributed by atoms with Crippen molar-refractivity contribution in [3.8, 4) is 89.5 Å². The van der Waals surface area contributed by atoms with E-state index in [0.717, 1.165) is 202 Å². The van der Waals surface area contributed by atoms with E-state index in [-0.39, 0.29) is 21.1 Å². The summed E-state index contributed by atoms with van der Waals surface area (Å²) in [7, 11) is 0. The Morgan fingerprint density at radius 2 is 0.443 bits per heavy atom. The first-order valence-corrected chi connectivity index (χ1v) is 34.9. The number of hydrogen-bond acceptors (Lipinski definition) is 2. The Kier molecular flexibility index (Phi) is 15.9. The van der Waals surface area contributed by atoms with Crippen LogP contribution in [0.3, 0.4) is 0 Å². The first-order chi connectivity index (χ1) is 47.0. The molecule has 4 unspecified atom stereocenters. The van der Waals surface area contributed by atoms with Gasteiger partial charge in [-0.05, 0) is 229 Å². The molecule has 12 aromatic carbocycles. The van der Waals surface area contributed by atoms with Crippen LogP contribution in [0.2, 0.25) is 0 Å². The van der Waals surface area contributed by atoms with E-state index in [4.69, 9.17) is 19.9 Å². The molecule has 474 valence electrons. The number of rotatable bonds is 12. The monoisotopic (exact) mass is 1430 g/mol. The Morgan fingerprint density at radius 3 is 0.629 bits per heavy atom. The third-order valence-electron chi connectivity index (χ3n) is 21.9. The van der Waals surface area contributed by atoms with E-state index in [2.05, 4.69) is 298 Å². The minimum Gasteiger partial charge on any atom is -0.656 e. The fourth-order valence-electron chi connectivity index (χ4n) is 15.4. The molecule has 3 aliphatic rings. The first-order valence-electron chi connectivity index (χ1n) is 34.9. The van der Waals surface area contributed by atoms with E-state index in [9.17, 15) is 0 Å². The SMILES string of the molecule is CCC(C)c1ccc(-c2c3nc(c(-c4ccc(C(C)CC)cc4)c4[n-]c(c(-c5ccc(C(C)CC)cc5)c5nc(c(-c6ccc(C(C)CC)cc6)c6[n-]c2c2cc7ccccc7cc62)-c2cc6ccccc6cc2-5)c2cc5ccccc5cc42)-c2cc4ccccc4cc2-3)cc1.[Pt+2]. The average Bonchev–Trinajstić information content (AvgIpc) is 1.56. The van der Waals surface area contributed by atoms with Crippen molar-refractivity contribution in [2.24, 2.45) is 0 Å². The van der Waals surface area contributed by atoms with Crippen molar-refractivity contribution in [1.29, 1.82) is 0 Å². The molecule has 4 heterocycles. The zero-order valence-electron chi connectivity index (χ0n) is 56.3. The summed E-state index contributed by atoms with van der Waals surface area (Å²) in [5, 5.41) is 13.4. The van der Waals surface area contributed by atoms with Crippen LogP contribution < -0.4 is 9.97 Å². The van der Waals surface area contributed by atoms with Gasteiger partial charge in [-0.3, -0.25) is 0 Å². The normalized spacial score (nSPS) is 13.3. The van der Waals surface area contributed by atoms with E-state index in [1.54, 1.807) is 0 Å². The molecule has 0 fully saturated rings. The summed E-state index contributed by atoms with van der Waals surface area (Å²) in [6.45, 7) is 18.4. The van der Waals surface area contributed by atoms with Crippen molar-refractivity contribution < 1.29 is 21.1 Å². The molecule has 2 aromatic heterocycles. The standard InChI is InChI=1S/C92H76N4.Pt/c1-9-53(5)57-29-37-61(38-30-57)81-85-73-45-65-21-13-15-23-67(65)47-75(73)87(93-85)82(62-39-31-58(32-40-62)54(6)10-2)89-77-49-69-25-17-19-27-71(69)51-79(77)91(95-89)84(64-43-35-60(36-44-64)56(8)12-4)92-80-52-72-28-20-18-26-70(72)50-78(80)90(96-92)83(63-41-33-59(34-42-63)55(7)11-3)88-76-48-68-24-16-14-22-66(68)46-74(76)86(81)94-88;/h13-56H,9-12H2,1-8H3;/q-2;+2. The van der Waals surface area contributed by atoms with Gasteiger partial charge in [0.1, 0.15) is 0 Å². The van der Waals surface area contributed by atoms with Gasteiger partial charge in [0.05, 0.1) is 22.8 Å². The second-order valence-corrected chi connectivity index (χ2v) is 27.4. The number of nitrogens with zero attached hydrogens (tertiary/aromatic N) is 4. The van der Waals surface area contributed by atoms with Crippen LogP contribution in [0.15, 0.2) is 243 Å². The minimum absolute atomic E-state index is 0. The largest absolute Gasteiger partial charge is 2.00 e. The smallest absolute Gasteiger partial charge is 0.656 e. The number of hydrogen-bond donors (Lipinski definition) is 0. The number of aromatic nitrogens is 4. The second kappa shape index (κ2) is 24.9. The molecule has 8 bridgehead atoms. The van der Waals surface area contributed by atoms with Gasteiger partial charge in [0, 0.05) is 22.3 Å². The van der Waals surface area contributed by atoms with Gasteiger partial charge in [-0.2, -0.15) is 0 Å². The average molecular weight is 1430 g/mol. The first kappa shape index (κ1) is 61.9. The van der Waals surface area contributed by atoms with Gasteiger partial charge in [0.2, 0.25) is 0 Å². The van der Waals surface area contributed by atoms with E-state index < -0.39 is 0 Å². The maximum absolute atomic E-state index is 6.34. The van der Waals surface area contributed by atoms with Crippen LogP contribution in [-0.4, -0.2) is 9.97 Å². The Morgan fingerprint density at radius 1 is 0.258 bits per heavy atom. The summed E-state index contributed by atoms with van der Waals surface area (Å²) >= 11 is 0. The van der Waals surface area contributed by atoms with Gasteiger partial charge in [0.15, 0.2) is 0 Å². The van der Waals surface area contributed by atoms with Crippen molar-refractivity contribution in [2.75, 3.05) is 0 Å². The maximum atomic E-state index is 6.34. The van der Waals surface area contributed by atoms with Gasteiger partial charge in [-0.1, -0.05) is 250 Å². The summed E-state index contributed by atoms with van der Waals surface area (Å²) < 4.78 is 0. The van der Waals surface area contributed by atoms with Crippen LogP contribution in [0.25, 0.3) is 176 Å². The van der Waals surface area contributed by atoms with Crippen molar-refractivity contribution in [2.45, 2.75) is 105 Å². The second-order valence-electron chi connectivity index (χ2n) is 27.4. The molecule has 14 aromatic rings. The van der Waals surface area contributed by atoms with Gasteiger partial charge in [-0.15, -0.1) is 22.1 Å². The summed E-state index contributed by atoms with van der Waals surface area (Å²) in [4.78, 5) is 25.4. The molecule has 4 nitrogen and oxygen atoms in total. The van der Waals surface area contributed by atoms with Crippen LogP contribution in [0.1, 0.15) is 127 Å². The molecule has 0 saturated carbocycles. The molecule has 0 N–H and O–H groups in total. The van der Waals surface area contributed by atoms with Crippen molar-refractivity contribution in [3.05, 3.63) is 265 Å². The zero-order valence-corrected chi connectivity index (χ0v) is 58.6. The third-order valence-corrected chi connectivity index (χ3v) is 21.9. The van der Waals surface area contributed by atoms with E-state index in [0.29, 0.717) is 23.7 Å². The molecule has 0 amide bonds. The van der Waals surface area contributed by atoms with Gasteiger partial charge >= 0.3 is 21.1 Å². The predicted octanol–water partition coefficient (Wildman–Crippen LogP) is 25.9. The van der Waals surface area contributed by atoms with Crippen LogP contribution in [-0.2, 0) is 21.1 Å². The molecule has 97 heavy (non-hydrogen) atoms. The number of fused-ring (bicyclic) bond motifs is 4. The molecule has 5 heteroatoms. The fraction of sp³-hybridized carbons (Fsp3) is 0.174. The van der Waals surface area contributed by atoms with Crippen molar-refractivity contribution in [3.63, 3.8) is 0 Å². The van der Waals surface area contributed by atoms with Crippen LogP contribution in [0.5, 0.6) is 0 Å². The Hall–Kier alpha value is -9.99. The van der Waals surface area contributed by atoms with Crippen LogP contribution in [0, 0.1) is 0 Å². The van der Waals surface area contributed by atoms with Crippen LogP contribution >= 0.6 is 0 Å². The van der Waals surface area contributed by atoms with Crippen molar-refractivity contribution >= 4 is 86.7 Å². The summed E-state index contributed by atoms with van der Waals surface area (Å²) in [5.41, 5.74) is 24.6. The summed E-state index contributed by atoms with van der Waals surface area (Å²) in [5.74, 6) is 1.52. The Labute approximate surface area is 582 Å². The van der Waals surface area contributed by atoms with Crippen LogP contribution in [0.4, 0.5) is 0 Å². The van der Waals surface area contributed by atoms with Gasteiger partial charge in [-0.25, -0.2) is 9.97 Å². The summed E-state index contributed by atoms with van der Waals surface area (Å²) in [6.07, 6.45) is 4.14. The summed E-state index contributed by atoms with van der Waals surface area (Å²) in [6, 6.07) is 91.9. The molecule has 4 atom stereocenters. The third kappa shape index (κ3) is 10.4. The van der Waals surface area contributed by atoms with E-state index in [1.807, 2.05) is 0 Å². The predicted molar refractivity (Wildman–Crippen MR) is 409 cm³/mol. The molecule has 17 rings (SSSR count). The van der Waals surface area contributed by atoms with Crippen molar-refractivity contribution in [1.82, 2.24) is 19.9 Å². The zero-order chi connectivity index (χ0) is 65.0. The Balaban J connectivity index is 0.00000738. The topological polar surface area (TPSA) is 54.0 Å². The minimum atomic E-state index is 0. The van der Waals surface area contributed by atoms with Gasteiger partial charge in [0.25, 0.3) is 0 Å². The maximum Gasteiger partial charge on any atom is 2.00 e. The quantitative estimate of drug-likeness (QED) is 0.122.